The van der Waals surface area contributed by atoms with E-state index in [0.29, 0.717) is 7.25 Å². The van der Waals surface area contributed by atoms with Gasteiger partial charge in [0.25, 0.3) is 0 Å². The number of allylic oxidation sites excluding steroid dienone is 2. The predicted octanol–water partition coefficient (Wildman–Crippen LogP) is 12.0. The first-order valence-corrected chi connectivity index (χ1v) is 20.2. The number of hydrogen-bond acceptors (Lipinski definition) is 0. The van der Waals surface area contributed by atoms with Crippen LogP contribution < -0.4 is 0 Å². The Labute approximate surface area is 263 Å². The summed E-state index contributed by atoms with van der Waals surface area (Å²) >= 11 is -2.15. The maximum atomic E-state index is 2.54. The molecule has 0 N–H and O–H groups in total. The second kappa shape index (κ2) is 10.7. The van der Waals surface area contributed by atoms with Gasteiger partial charge >= 0.3 is 265 Å². The summed E-state index contributed by atoms with van der Waals surface area (Å²) in [6, 6.07) is 45.3. The van der Waals surface area contributed by atoms with Gasteiger partial charge in [0.15, 0.2) is 0 Å². The van der Waals surface area contributed by atoms with Gasteiger partial charge in [0.1, 0.15) is 0 Å². The average Bonchev–Trinajstić information content (AvgIpc) is 3.57. The van der Waals surface area contributed by atoms with E-state index in [4.69, 9.17) is 0 Å². The summed E-state index contributed by atoms with van der Waals surface area (Å²) in [4.78, 5) is 0. The van der Waals surface area contributed by atoms with Crippen LogP contribution in [0.3, 0.4) is 0 Å². The molecule has 1 heteroatoms. The summed E-state index contributed by atoms with van der Waals surface area (Å²) in [5.41, 5.74) is 14.7. The van der Waals surface area contributed by atoms with Crippen molar-refractivity contribution >= 4 is 33.7 Å². The number of benzene rings is 6. The summed E-state index contributed by atoms with van der Waals surface area (Å²) in [6.07, 6.45) is 5.07. The first kappa shape index (κ1) is 26.8. The van der Waals surface area contributed by atoms with Crippen LogP contribution in [0.2, 0.25) is 4.13 Å². The minimum atomic E-state index is -2.15. The van der Waals surface area contributed by atoms with Crippen LogP contribution in [0.4, 0.5) is 0 Å². The molecule has 0 bridgehead atoms. The van der Waals surface area contributed by atoms with Crippen LogP contribution in [0.15, 0.2) is 132 Å². The predicted molar refractivity (Wildman–Crippen MR) is 182 cm³/mol. The summed E-state index contributed by atoms with van der Waals surface area (Å²) in [5.74, 6) is 0. The van der Waals surface area contributed by atoms with Gasteiger partial charge in [0.2, 0.25) is 0 Å². The molecule has 0 spiro atoms. The third kappa shape index (κ3) is 4.28. The Morgan fingerprint density at radius 3 is 1.33 bits per heavy atom. The molecule has 8 rings (SSSR count). The van der Waals surface area contributed by atoms with Gasteiger partial charge in [0, 0.05) is 0 Å². The van der Waals surface area contributed by atoms with Crippen molar-refractivity contribution in [3.8, 4) is 22.3 Å². The Kier molecular flexibility index (Phi) is 6.69. The van der Waals surface area contributed by atoms with Crippen LogP contribution in [0.25, 0.3) is 56.0 Å². The topological polar surface area (TPSA) is 0 Å². The molecule has 0 saturated heterocycles. The molecule has 2 atom stereocenters. The van der Waals surface area contributed by atoms with E-state index in [1.807, 2.05) is 0 Å². The van der Waals surface area contributed by atoms with Crippen molar-refractivity contribution in [2.24, 2.45) is 0 Å². The van der Waals surface area contributed by atoms with Gasteiger partial charge in [-0.05, 0) is 0 Å². The molecule has 0 amide bonds. The van der Waals surface area contributed by atoms with E-state index < -0.39 is 21.8 Å². The van der Waals surface area contributed by atoms with Gasteiger partial charge in [-0.1, -0.05) is 0 Å². The second-order valence-electron chi connectivity index (χ2n) is 12.2. The molecule has 2 unspecified atom stereocenters. The standard InChI is InChI=1S/2C20H15.C2H5.Zr/c2*1-14-12-16-8-5-11-19(20(16)13-14)18-10-4-7-15-6-2-3-9-17(15)18;1-2;/h2*2-13H,1H3;1H2,2H3;. The fourth-order valence-electron chi connectivity index (χ4n) is 8.05. The first-order valence-electron chi connectivity index (χ1n) is 15.6. The minimum absolute atomic E-state index is 0.595. The third-order valence-electron chi connectivity index (χ3n) is 9.87. The van der Waals surface area contributed by atoms with Gasteiger partial charge in [-0.25, -0.2) is 0 Å². The van der Waals surface area contributed by atoms with E-state index in [1.54, 1.807) is 22.3 Å². The number of fused-ring (bicyclic) bond motifs is 4. The van der Waals surface area contributed by atoms with E-state index in [2.05, 4.69) is 154 Å². The van der Waals surface area contributed by atoms with E-state index in [0.717, 1.165) is 0 Å². The summed E-state index contributed by atoms with van der Waals surface area (Å²) in [7, 11) is 0. The SMILES string of the molecule is C[CH2][Zr]([CH]1C(C)=Cc2c(-c3cccc4ccccc34)cccc21)[CH]1C(C)=Cc2c(-c3cccc4ccccc34)cccc21. The van der Waals surface area contributed by atoms with Crippen molar-refractivity contribution in [1.82, 2.24) is 0 Å². The van der Waals surface area contributed by atoms with Gasteiger partial charge in [0.05, 0.1) is 0 Å². The zero-order valence-electron chi connectivity index (χ0n) is 25.1. The monoisotopic (exact) mass is 629 g/mol. The third-order valence-corrected chi connectivity index (χ3v) is 19.3. The van der Waals surface area contributed by atoms with Crippen molar-refractivity contribution in [3.63, 3.8) is 0 Å². The molecule has 2 aliphatic carbocycles. The molecule has 6 aromatic carbocycles. The van der Waals surface area contributed by atoms with Crippen molar-refractivity contribution in [2.75, 3.05) is 0 Å². The molecule has 0 heterocycles. The Bertz CT molecular complexity index is 1950. The maximum absolute atomic E-state index is 2.54. The molecule has 0 aromatic heterocycles. The van der Waals surface area contributed by atoms with E-state index in [-0.39, 0.29) is 0 Å². The molecule has 207 valence electrons. The quantitative estimate of drug-likeness (QED) is 0.178. The van der Waals surface area contributed by atoms with Crippen molar-refractivity contribution < 1.29 is 21.8 Å². The van der Waals surface area contributed by atoms with Crippen molar-refractivity contribution in [2.45, 2.75) is 32.2 Å². The van der Waals surface area contributed by atoms with Gasteiger partial charge in [-0.15, -0.1) is 0 Å². The van der Waals surface area contributed by atoms with Crippen LogP contribution >= 0.6 is 0 Å². The van der Waals surface area contributed by atoms with Crippen molar-refractivity contribution in [3.05, 3.63) is 155 Å². The summed E-state index contributed by atoms with van der Waals surface area (Å²) < 4.78 is 2.51. The van der Waals surface area contributed by atoms with Gasteiger partial charge in [-0.3, -0.25) is 0 Å². The molecule has 0 aliphatic heterocycles. The molecule has 43 heavy (non-hydrogen) atoms. The van der Waals surface area contributed by atoms with Crippen LogP contribution in [0.1, 0.15) is 50.3 Å². The molecular formula is C42H35Zr. The molecule has 0 saturated carbocycles. The average molecular weight is 631 g/mol. The van der Waals surface area contributed by atoms with Crippen LogP contribution in [0, 0.1) is 0 Å². The Morgan fingerprint density at radius 1 is 0.465 bits per heavy atom. The second-order valence-corrected chi connectivity index (χ2v) is 19.6. The fraction of sp³-hybridized carbons (Fsp3) is 0.143. The Hall–Kier alpha value is -3.80. The number of rotatable bonds is 5. The molecule has 2 aliphatic rings. The van der Waals surface area contributed by atoms with E-state index in [9.17, 15) is 0 Å². The van der Waals surface area contributed by atoms with Gasteiger partial charge < -0.3 is 0 Å². The Balaban J connectivity index is 1.24. The summed E-state index contributed by atoms with van der Waals surface area (Å²) in [6.45, 7) is 7.30. The molecule has 6 aromatic rings. The van der Waals surface area contributed by atoms with E-state index >= 15 is 0 Å². The zero-order chi connectivity index (χ0) is 29.1. The Morgan fingerprint density at radius 2 is 0.860 bits per heavy atom. The normalized spacial score (nSPS) is 17.1. The first-order chi connectivity index (χ1) is 21.1. The molecule has 0 radical (unpaired) electrons. The zero-order valence-corrected chi connectivity index (χ0v) is 27.5. The van der Waals surface area contributed by atoms with Crippen LogP contribution in [-0.4, -0.2) is 0 Å². The van der Waals surface area contributed by atoms with Crippen molar-refractivity contribution in [1.29, 1.82) is 0 Å². The van der Waals surface area contributed by atoms with Crippen LogP contribution in [-0.2, 0) is 21.8 Å². The molecule has 0 fully saturated rings. The van der Waals surface area contributed by atoms with E-state index in [1.165, 1.54) is 59.1 Å². The fourth-order valence-corrected chi connectivity index (χ4v) is 17.4. The van der Waals surface area contributed by atoms with Crippen LogP contribution in [0.5, 0.6) is 0 Å². The van der Waals surface area contributed by atoms with Gasteiger partial charge in [-0.2, -0.15) is 0 Å². The molecular weight excluding hydrogens is 596 g/mol. The number of hydrogen-bond donors (Lipinski definition) is 0. The molecule has 0 nitrogen and oxygen atoms in total. The summed E-state index contributed by atoms with van der Waals surface area (Å²) in [5, 5.41) is 5.30.